The lowest BCUT2D eigenvalue weighted by atomic mass is 9.93. The Bertz CT molecular complexity index is 364. The Labute approximate surface area is 96.9 Å². The quantitative estimate of drug-likeness (QED) is 0.572. The zero-order valence-electron chi connectivity index (χ0n) is 10.1. The first-order valence-corrected chi connectivity index (χ1v) is 5.41. The molecule has 0 N–H and O–H groups in total. The summed E-state index contributed by atoms with van der Waals surface area (Å²) in [5.41, 5.74) is 0.455. The molecule has 0 saturated carbocycles. The molecule has 0 bridgehead atoms. The Kier molecular flexibility index (Phi) is 4.29. The van der Waals surface area contributed by atoms with Crippen molar-refractivity contribution in [3.63, 3.8) is 0 Å². The van der Waals surface area contributed by atoms with Crippen LogP contribution in [0.3, 0.4) is 0 Å². The van der Waals surface area contributed by atoms with Gasteiger partial charge in [0.1, 0.15) is 6.61 Å². The van der Waals surface area contributed by atoms with Gasteiger partial charge in [0, 0.05) is 0 Å². The molecule has 0 aliphatic rings. The lowest BCUT2D eigenvalue weighted by molar-refractivity contribution is -0.152. The van der Waals surface area contributed by atoms with E-state index in [9.17, 15) is 4.79 Å². The Hall–Kier alpha value is -1.57. The zero-order valence-corrected chi connectivity index (χ0v) is 10.1. The van der Waals surface area contributed by atoms with E-state index >= 15 is 0 Å². The normalized spacial score (nSPS) is 11.7. The van der Waals surface area contributed by atoms with Crippen molar-refractivity contribution < 1.29 is 9.53 Å². The van der Waals surface area contributed by atoms with Crippen LogP contribution < -0.4 is 0 Å². The van der Waals surface area contributed by atoms with Crippen molar-refractivity contribution in [3.05, 3.63) is 48.0 Å². The van der Waals surface area contributed by atoms with Gasteiger partial charge in [0.25, 0.3) is 0 Å². The van der Waals surface area contributed by atoms with Crippen molar-refractivity contribution in [3.8, 4) is 0 Å². The van der Waals surface area contributed by atoms with Crippen molar-refractivity contribution in [2.24, 2.45) is 5.41 Å². The van der Waals surface area contributed by atoms with Crippen LogP contribution in [0.15, 0.2) is 42.5 Å². The minimum absolute atomic E-state index is 0.200. The molecule has 0 radical (unpaired) electrons. The smallest absolute Gasteiger partial charge is 0.315 e. The minimum atomic E-state index is -0.552. The average molecular weight is 218 g/mol. The van der Waals surface area contributed by atoms with E-state index in [1.54, 1.807) is 0 Å². The Balaban J connectivity index is 2.53. The molecule has 2 heteroatoms. The molecule has 0 aromatic heterocycles. The number of allylic oxidation sites excluding steroid dienone is 1. The summed E-state index contributed by atoms with van der Waals surface area (Å²) >= 11 is 0. The van der Waals surface area contributed by atoms with Crippen molar-refractivity contribution in [2.75, 3.05) is 0 Å². The van der Waals surface area contributed by atoms with Crippen LogP contribution in [-0.2, 0) is 16.1 Å². The molecule has 1 aromatic carbocycles. The summed E-state index contributed by atoms with van der Waals surface area (Å²) < 4.78 is 5.26. The van der Waals surface area contributed by atoms with Gasteiger partial charge in [0.05, 0.1) is 5.41 Å². The van der Waals surface area contributed by atoms with Gasteiger partial charge >= 0.3 is 5.97 Å². The average Bonchev–Trinajstić information content (AvgIpc) is 2.27. The highest BCUT2D eigenvalue weighted by atomic mass is 16.5. The molecule has 0 aliphatic carbocycles. The first kappa shape index (κ1) is 12.5. The monoisotopic (exact) mass is 218 g/mol. The van der Waals surface area contributed by atoms with Crippen LogP contribution in [0.2, 0.25) is 0 Å². The van der Waals surface area contributed by atoms with Crippen LogP contribution in [0.25, 0.3) is 0 Å². The predicted molar refractivity (Wildman–Crippen MR) is 64.8 cm³/mol. The van der Waals surface area contributed by atoms with Crippen LogP contribution >= 0.6 is 0 Å². The van der Waals surface area contributed by atoms with Crippen LogP contribution in [0.4, 0.5) is 0 Å². The lowest BCUT2D eigenvalue weighted by Gasteiger charge is -2.18. The first-order valence-electron chi connectivity index (χ1n) is 5.41. The Morgan fingerprint density at radius 3 is 2.50 bits per heavy atom. The number of ether oxygens (including phenoxy) is 1. The number of hydrogen-bond donors (Lipinski definition) is 0. The molecule has 0 atom stereocenters. The molecule has 16 heavy (non-hydrogen) atoms. The van der Waals surface area contributed by atoms with Gasteiger partial charge in [-0.3, -0.25) is 4.79 Å². The van der Waals surface area contributed by atoms with E-state index in [0.717, 1.165) is 5.56 Å². The summed E-state index contributed by atoms with van der Waals surface area (Å²) in [6, 6.07) is 9.68. The van der Waals surface area contributed by atoms with Gasteiger partial charge in [-0.1, -0.05) is 42.5 Å². The highest BCUT2D eigenvalue weighted by molar-refractivity contribution is 5.78. The predicted octanol–water partition coefficient (Wildman–Crippen LogP) is 3.33. The number of benzene rings is 1. The lowest BCUT2D eigenvalue weighted by Crippen LogP contribution is -2.24. The summed E-state index contributed by atoms with van der Waals surface area (Å²) in [6.07, 6.45) is 3.71. The van der Waals surface area contributed by atoms with E-state index in [1.807, 2.05) is 63.3 Å². The second-order valence-electron chi connectivity index (χ2n) is 4.28. The fourth-order valence-electron chi connectivity index (χ4n) is 1.39. The molecule has 0 fully saturated rings. The fraction of sp³-hybridized carbons (Fsp3) is 0.357. The number of rotatable bonds is 4. The summed E-state index contributed by atoms with van der Waals surface area (Å²) in [4.78, 5) is 11.8. The largest absolute Gasteiger partial charge is 0.460 e. The molecule has 0 saturated heterocycles. The Morgan fingerprint density at radius 1 is 1.31 bits per heavy atom. The zero-order chi connectivity index (χ0) is 12.0. The van der Waals surface area contributed by atoms with E-state index in [0.29, 0.717) is 6.61 Å². The van der Waals surface area contributed by atoms with Gasteiger partial charge in [-0.25, -0.2) is 0 Å². The molecule has 0 spiro atoms. The van der Waals surface area contributed by atoms with Crippen LogP contribution in [0, 0.1) is 5.41 Å². The number of esters is 1. The topological polar surface area (TPSA) is 26.3 Å². The molecule has 0 heterocycles. The van der Waals surface area contributed by atoms with Gasteiger partial charge in [-0.2, -0.15) is 0 Å². The van der Waals surface area contributed by atoms with Crippen LogP contribution in [0.1, 0.15) is 26.3 Å². The summed E-state index contributed by atoms with van der Waals surface area (Å²) in [5.74, 6) is -0.200. The summed E-state index contributed by atoms with van der Waals surface area (Å²) in [6.45, 7) is 5.92. The van der Waals surface area contributed by atoms with Crippen molar-refractivity contribution in [1.82, 2.24) is 0 Å². The first-order chi connectivity index (χ1) is 7.56. The maximum absolute atomic E-state index is 11.8. The number of carbonyl (C=O) groups excluding carboxylic acids is 1. The molecular formula is C14H18O2. The van der Waals surface area contributed by atoms with Gasteiger partial charge in [0.2, 0.25) is 0 Å². The summed E-state index contributed by atoms with van der Waals surface area (Å²) in [7, 11) is 0. The van der Waals surface area contributed by atoms with E-state index < -0.39 is 5.41 Å². The van der Waals surface area contributed by atoms with E-state index in [4.69, 9.17) is 4.74 Å². The molecule has 0 aliphatic heterocycles. The fourth-order valence-corrected chi connectivity index (χ4v) is 1.39. The van der Waals surface area contributed by atoms with Gasteiger partial charge in [-0.05, 0) is 26.3 Å². The molecule has 0 unspecified atom stereocenters. The highest BCUT2D eigenvalue weighted by Crippen LogP contribution is 2.19. The van der Waals surface area contributed by atoms with Gasteiger partial charge in [-0.15, -0.1) is 0 Å². The number of carbonyl (C=O) groups is 1. The molecule has 0 amide bonds. The maximum atomic E-state index is 11.8. The molecule has 1 aromatic rings. The van der Waals surface area contributed by atoms with Crippen molar-refractivity contribution in [2.45, 2.75) is 27.4 Å². The van der Waals surface area contributed by atoms with E-state index in [1.165, 1.54) is 0 Å². The third-order valence-corrected chi connectivity index (χ3v) is 2.32. The molecule has 86 valence electrons. The second-order valence-corrected chi connectivity index (χ2v) is 4.28. The molecule has 1 rings (SSSR count). The van der Waals surface area contributed by atoms with Crippen molar-refractivity contribution in [1.29, 1.82) is 0 Å². The third-order valence-electron chi connectivity index (χ3n) is 2.32. The maximum Gasteiger partial charge on any atom is 0.315 e. The molecule has 2 nitrogen and oxygen atoms in total. The van der Waals surface area contributed by atoms with Crippen LogP contribution in [0.5, 0.6) is 0 Å². The summed E-state index contributed by atoms with van der Waals surface area (Å²) in [5, 5.41) is 0. The van der Waals surface area contributed by atoms with Gasteiger partial charge in [0.15, 0.2) is 0 Å². The Morgan fingerprint density at radius 2 is 1.94 bits per heavy atom. The number of hydrogen-bond acceptors (Lipinski definition) is 2. The molecular weight excluding hydrogens is 200 g/mol. The van der Waals surface area contributed by atoms with Crippen LogP contribution in [-0.4, -0.2) is 5.97 Å². The van der Waals surface area contributed by atoms with E-state index in [-0.39, 0.29) is 5.97 Å². The van der Waals surface area contributed by atoms with E-state index in [2.05, 4.69) is 0 Å². The van der Waals surface area contributed by atoms with Gasteiger partial charge < -0.3 is 4.74 Å². The highest BCUT2D eigenvalue weighted by Gasteiger charge is 2.25. The van der Waals surface area contributed by atoms with Crippen molar-refractivity contribution >= 4 is 5.97 Å². The third kappa shape index (κ3) is 3.54. The minimum Gasteiger partial charge on any atom is -0.460 e. The second kappa shape index (κ2) is 5.50. The SMILES string of the molecule is C/C=C/C(C)(C)C(=O)OCc1ccccc1. The standard InChI is InChI=1S/C14H18O2/c1-4-10-14(2,3)13(15)16-11-12-8-6-5-7-9-12/h4-10H,11H2,1-3H3/b10-4+.